The number of alkyl halides is 2. The monoisotopic (exact) mass is 799 g/mol. The molecular formula is C41H51F2N11O4. The van der Waals surface area contributed by atoms with Gasteiger partial charge in [0.15, 0.2) is 5.82 Å². The first kappa shape index (κ1) is 41.9. The quantitative estimate of drug-likeness (QED) is 0.0967. The molecule has 3 amide bonds. The van der Waals surface area contributed by atoms with Gasteiger partial charge in [-0.3, -0.25) is 38.7 Å². The standard InChI is InChI=1S/C41H51F2N11O4/c1-25(2)30-15-16-46-38(48-30)29(22-44)39(56)49-31(35(45)37(42)43)23-47-28-11-9-26(10-12-28)24-53-20-18-52(19-21-53)17-5-7-27-6-4-8-32-36(27)51(3)41(58)54(32)33-13-14-34(55)50-40(33)57/h4,6,8,15-16,22-23,25-26,28,33,37H,9-14,17-21,24,44-45H2,1-3H3,(H,49,56)(H,50,55,57)/b29-22+,35-31+,47-23?. The summed E-state index contributed by atoms with van der Waals surface area (Å²) in [6, 6.07) is 6.38. The van der Waals surface area contributed by atoms with Gasteiger partial charge in [-0.1, -0.05) is 31.8 Å². The fraction of sp³-hybridized carbons (Fsp3) is 0.488. The number of imidazole rings is 1. The lowest BCUT2D eigenvalue weighted by atomic mass is 9.86. The number of piperidine rings is 1. The van der Waals surface area contributed by atoms with Crippen LogP contribution >= 0.6 is 0 Å². The molecule has 6 N–H and O–H groups in total. The number of benzene rings is 1. The fourth-order valence-electron chi connectivity index (χ4n) is 7.73. The molecule has 58 heavy (non-hydrogen) atoms. The van der Waals surface area contributed by atoms with Gasteiger partial charge < -0.3 is 21.7 Å². The van der Waals surface area contributed by atoms with E-state index in [4.69, 9.17) is 11.5 Å². The van der Waals surface area contributed by atoms with Crippen molar-refractivity contribution in [1.29, 1.82) is 0 Å². The molecule has 1 saturated carbocycles. The third kappa shape index (κ3) is 9.68. The number of nitrogens with two attached hydrogens (primary N) is 2. The number of aliphatic imine (C=N–C) groups is 1. The Bertz CT molecular complexity index is 2230. The highest BCUT2D eigenvalue weighted by Crippen LogP contribution is 2.28. The summed E-state index contributed by atoms with van der Waals surface area (Å²) in [4.78, 5) is 68.5. The van der Waals surface area contributed by atoms with Crippen LogP contribution in [0.15, 0.2) is 57.8 Å². The summed E-state index contributed by atoms with van der Waals surface area (Å²) >= 11 is 0. The summed E-state index contributed by atoms with van der Waals surface area (Å²) in [5.74, 6) is 5.60. The van der Waals surface area contributed by atoms with Gasteiger partial charge in [-0.05, 0) is 62.1 Å². The van der Waals surface area contributed by atoms with Crippen LogP contribution in [0.5, 0.6) is 0 Å². The Kier molecular flexibility index (Phi) is 13.5. The Morgan fingerprint density at radius 3 is 2.47 bits per heavy atom. The smallest absolute Gasteiger partial charge is 0.329 e. The number of aromatic nitrogens is 4. The molecule has 2 saturated heterocycles. The molecule has 1 aliphatic carbocycles. The molecule has 2 aliphatic heterocycles. The van der Waals surface area contributed by atoms with Crippen LogP contribution in [-0.4, -0.2) is 105 Å². The molecule has 15 nitrogen and oxygen atoms in total. The van der Waals surface area contributed by atoms with Gasteiger partial charge in [0.05, 0.1) is 40.5 Å². The van der Waals surface area contributed by atoms with Crippen LogP contribution < -0.4 is 27.8 Å². The number of para-hydroxylation sites is 1. The van der Waals surface area contributed by atoms with Crippen molar-refractivity contribution < 1.29 is 23.2 Å². The van der Waals surface area contributed by atoms with Crippen LogP contribution in [0.1, 0.15) is 81.4 Å². The minimum Gasteiger partial charge on any atom is -0.404 e. The molecule has 6 rings (SSSR count). The summed E-state index contributed by atoms with van der Waals surface area (Å²) in [5, 5.41) is 4.79. The highest BCUT2D eigenvalue weighted by molar-refractivity contribution is 6.19. The number of piperazine rings is 1. The molecule has 3 fully saturated rings. The number of carbonyl (C=O) groups excluding carboxylic acids is 3. The Hall–Kier alpha value is -5.73. The molecule has 0 spiro atoms. The molecule has 17 heteroatoms. The van der Waals surface area contributed by atoms with E-state index >= 15 is 0 Å². The highest BCUT2D eigenvalue weighted by Gasteiger charge is 2.32. The van der Waals surface area contributed by atoms with Crippen molar-refractivity contribution in [2.24, 2.45) is 29.4 Å². The molecule has 3 aromatic rings. The molecule has 1 unspecified atom stereocenters. The van der Waals surface area contributed by atoms with E-state index in [1.54, 1.807) is 19.2 Å². The summed E-state index contributed by atoms with van der Waals surface area (Å²) in [6.45, 7) is 8.97. The summed E-state index contributed by atoms with van der Waals surface area (Å²) in [7, 11) is 1.67. The molecule has 1 aromatic carbocycles. The maximum atomic E-state index is 13.7. The SMILES string of the molecule is CC(C)c1ccnc(/C(=C\N)C(=O)N/C(C=NC2CCC(CN3CCN(CC#Cc4cccc5c4n(C)c(=O)n5C4CCC(=O)NC4=O)CC3)CC2)=C(/N)C(F)F)n1. The van der Waals surface area contributed by atoms with Crippen molar-refractivity contribution in [3.63, 3.8) is 0 Å². The zero-order chi connectivity index (χ0) is 41.5. The zero-order valence-electron chi connectivity index (χ0n) is 33.1. The molecule has 1 atom stereocenters. The van der Waals surface area contributed by atoms with Crippen molar-refractivity contribution in [2.75, 3.05) is 39.3 Å². The van der Waals surface area contributed by atoms with E-state index in [1.165, 1.54) is 21.5 Å². The molecule has 4 heterocycles. The number of nitrogens with zero attached hydrogens (tertiary/aromatic N) is 7. The largest absolute Gasteiger partial charge is 0.404 e. The van der Waals surface area contributed by atoms with E-state index in [0.29, 0.717) is 34.8 Å². The maximum absolute atomic E-state index is 13.7. The highest BCUT2D eigenvalue weighted by atomic mass is 19.3. The molecule has 308 valence electrons. The summed E-state index contributed by atoms with van der Waals surface area (Å²) < 4.78 is 30.4. The van der Waals surface area contributed by atoms with E-state index in [9.17, 15) is 28.0 Å². The Morgan fingerprint density at radius 1 is 1.07 bits per heavy atom. The number of hydrogen-bond acceptors (Lipinski definition) is 11. The number of carbonyl (C=O) groups is 3. The molecule has 0 bridgehead atoms. The predicted molar refractivity (Wildman–Crippen MR) is 216 cm³/mol. The lowest BCUT2D eigenvalue weighted by molar-refractivity contribution is -0.135. The van der Waals surface area contributed by atoms with Gasteiger partial charge in [-0.15, -0.1) is 0 Å². The van der Waals surface area contributed by atoms with Crippen LogP contribution in [0, 0.1) is 17.8 Å². The normalized spacial score (nSPS) is 21.6. The van der Waals surface area contributed by atoms with Crippen molar-refractivity contribution in [3.05, 3.63) is 75.6 Å². The first-order valence-electron chi connectivity index (χ1n) is 19.7. The van der Waals surface area contributed by atoms with Gasteiger partial charge in [0, 0.05) is 70.5 Å². The Morgan fingerprint density at radius 2 is 1.79 bits per heavy atom. The van der Waals surface area contributed by atoms with Gasteiger partial charge in [0.25, 0.3) is 12.3 Å². The van der Waals surface area contributed by atoms with Gasteiger partial charge in [0.2, 0.25) is 11.8 Å². The second-order valence-corrected chi connectivity index (χ2v) is 15.3. The number of halogens is 2. The number of imide groups is 1. The number of hydrogen-bond donors (Lipinski definition) is 4. The number of aryl methyl sites for hydroxylation is 1. The van der Waals surface area contributed by atoms with Crippen LogP contribution in [0.3, 0.4) is 0 Å². The van der Waals surface area contributed by atoms with E-state index in [0.717, 1.165) is 64.6 Å². The summed E-state index contributed by atoms with van der Waals surface area (Å²) in [5.41, 5.74) is 12.6. The number of rotatable bonds is 11. The van der Waals surface area contributed by atoms with Crippen LogP contribution in [0.4, 0.5) is 8.78 Å². The van der Waals surface area contributed by atoms with E-state index in [2.05, 4.69) is 47.2 Å². The zero-order valence-corrected chi connectivity index (χ0v) is 33.1. The predicted octanol–water partition coefficient (Wildman–Crippen LogP) is 2.38. The van der Waals surface area contributed by atoms with Crippen molar-refractivity contribution in [1.82, 2.24) is 39.5 Å². The molecule has 2 aromatic heterocycles. The first-order chi connectivity index (χ1) is 27.8. The first-order valence-corrected chi connectivity index (χ1v) is 19.7. The molecular weight excluding hydrogens is 749 g/mol. The van der Waals surface area contributed by atoms with Crippen LogP contribution in [-0.2, 0) is 21.4 Å². The Balaban J connectivity index is 0.982. The third-order valence-corrected chi connectivity index (χ3v) is 11.1. The lowest BCUT2D eigenvalue weighted by Gasteiger charge is -2.37. The topological polar surface area (TPSA) is 199 Å². The number of allylic oxidation sites excluding steroid dienone is 2. The average Bonchev–Trinajstić information content (AvgIpc) is 3.46. The van der Waals surface area contributed by atoms with Crippen LogP contribution in [0.2, 0.25) is 0 Å². The van der Waals surface area contributed by atoms with E-state index in [-0.39, 0.29) is 53.5 Å². The minimum atomic E-state index is -3.01. The molecule has 3 aliphatic rings. The van der Waals surface area contributed by atoms with Crippen molar-refractivity contribution in [3.8, 4) is 11.8 Å². The third-order valence-electron chi connectivity index (χ3n) is 11.1. The second kappa shape index (κ2) is 18.7. The number of amides is 3. The fourth-order valence-corrected chi connectivity index (χ4v) is 7.73. The van der Waals surface area contributed by atoms with Gasteiger partial charge in [-0.25, -0.2) is 23.5 Å². The summed E-state index contributed by atoms with van der Waals surface area (Å²) in [6.07, 6.45) is 4.66. The number of nitrogens with one attached hydrogen (secondary N) is 2. The van der Waals surface area contributed by atoms with E-state index in [1.807, 2.05) is 26.0 Å². The van der Waals surface area contributed by atoms with Crippen molar-refractivity contribution in [2.45, 2.75) is 76.8 Å². The van der Waals surface area contributed by atoms with E-state index < -0.39 is 30.0 Å². The van der Waals surface area contributed by atoms with Gasteiger partial charge in [0.1, 0.15) is 11.7 Å². The van der Waals surface area contributed by atoms with Gasteiger partial charge in [-0.2, -0.15) is 0 Å². The average molecular weight is 800 g/mol. The van der Waals surface area contributed by atoms with Gasteiger partial charge >= 0.3 is 5.69 Å². The maximum Gasteiger partial charge on any atom is 0.329 e. The van der Waals surface area contributed by atoms with Crippen LogP contribution in [0.25, 0.3) is 16.6 Å². The Labute approximate surface area is 335 Å². The molecule has 0 radical (unpaired) electrons. The second-order valence-electron chi connectivity index (χ2n) is 15.3. The lowest BCUT2D eigenvalue weighted by Crippen LogP contribution is -2.48. The van der Waals surface area contributed by atoms with Crippen molar-refractivity contribution >= 4 is 40.5 Å². The number of fused-ring (bicyclic) bond motifs is 1. The minimum absolute atomic E-state index is 0.0736.